The Bertz CT molecular complexity index is 1240. The highest BCUT2D eigenvalue weighted by molar-refractivity contribution is 7.17. The average Bonchev–Trinajstić information content (AvgIpc) is 3.34. The molecule has 6 heteroatoms. The third-order valence-electron chi connectivity index (χ3n) is 5.75. The molecule has 0 aliphatic heterocycles. The van der Waals surface area contributed by atoms with E-state index >= 15 is 0 Å². The third kappa shape index (κ3) is 3.95. The summed E-state index contributed by atoms with van der Waals surface area (Å²) in [6.45, 7) is 3.98. The number of hydrogen-bond acceptors (Lipinski definition) is 4. The number of nitrogens with zero attached hydrogens (tertiary/aromatic N) is 1. The molecule has 1 aliphatic carbocycles. The van der Waals surface area contributed by atoms with Gasteiger partial charge in [-0.2, -0.15) is 0 Å². The maximum Gasteiger partial charge on any atom is 0.262 e. The minimum absolute atomic E-state index is 0.0214. The van der Waals surface area contributed by atoms with Crippen LogP contribution < -0.4 is 10.1 Å². The Kier molecular flexibility index (Phi) is 5.24. The molecule has 2 aromatic heterocycles. The summed E-state index contributed by atoms with van der Waals surface area (Å²) in [6, 6.07) is 14.0. The van der Waals surface area contributed by atoms with Crippen LogP contribution in [0.1, 0.15) is 34.4 Å². The number of amides is 1. The number of thiophene rings is 1. The van der Waals surface area contributed by atoms with Gasteiger partial charge in [-0.05, 0) is 74.4 Å². The Morgan fingerprint density at radius 3 is 2.87 bits per heavy atom. The number of anilines is 1. The molecule has 0 fully saturated rings. The highest BCUT2D eigenvalue weighted by Crippen LogP contribution is 2.43. The van der Waals surface area contributed by atoms with Crippen LogP contribution in [0.5, 0.6) is 5.75 Å². The number of aryl methyl sites for hydroxylation is 3. The molecule has 4 aromatic rings. The molecule has 0 saturated heterocycles. The van der Waals surface area contributed by atoms with E-state index in [4.69, 9.17) is 9.72 Å². The van der Waals surface area contributed by atoms with Crippen LogP contribution in [0.2, 0.25) is 0 Å². The molecule has 0 spiro atoms. The number of imidazole rings is 1. The molecule has 5 rings (SSSR count). The zero-order valence-corrected chi connectivity index (χ0v) is 18.6. The fourth-order valence-corrected chi connectivity index (χ4v) is 5.45. The van der Waals surface area contributed by atoms with Gasteiger partial charge in [0.15, 0.2) is 6.61 Å². The van der Waals surface area contributed by atoms with Crippen molar-refractivity contribution in [1.29, 1.82) is 0 Å². The quantitative estimate of drug-likeness (QED) is 0.419. The van der Waals surface area contributed by atoms with Crippen LogP contribution in [-0.4, -0.2) is 22.5 Å². The highest BCUT2D eigenvalue weighted by Gasteiger charge is 2.25. The first-order chi connectivity index (χ1) is 15.1. The van der Waals surface area contributed by atoms with Crippen LogP contribution in [0, 0.1) is 13.8 Å². The Morgan fingerprint density at radius 1 is 1.16 bits per heavy atom. The molecule has 5 nitrogen and oxygen atoms in total. The van der Waals surface area contributed by atoms with Gasteiger partial charge in [0.05, 0.1) is 16.6 Å². The number of aromatic amines is 1. The van der Waals surface area contributed by atoms with Gasteiger partial charge in [0, 0.05) is 4.88 Å². The van der Waals surface area contributed by atoms with Crippen molar-refractivity contribution in [2.24, 2.45) is 0 Å². The number of carbonyl (C=O) groups excluding carboxylic acids is 1. The Labute approximate surface area is 185 Å². The van der Waals surface area contributed by atoms with E-state index in [1.807, 2.05) is 56.3 Å². The molecule has 2 aromatic carbocycles. The maximum absolute atomic E-state index is 12.8. The molecule has 2 heterocycles. The standard InChI is InChI=1S/C25H25N3O2S/c1-15-11-12-16(2)20(13-15)30-14-22(29)28-25-23(17-7-3-6-10-21(17)31-25)24-26-18-8-4-5-9-19(18)27-24/h4-5,8-9,11-13H,3,6-7,10,14H2,1-2H3,(H,26,27)(H,28,29). The zero-order chi connectivity index (χ0) is 21.4. The van der Waals surface area contributed by atoms with E-state index in [0.717, 1.165) is 57.1 Å². The highest BCUT2D eigenvalue weighted by atomic mass is 32.1. The van der Waals surface area contributed by atoms with Gasteiger partial charge >= 0.3 is 0 Å². The van der Waals surface area contributed by atoms with Gasteiger partial charge in [0.1, 0.15) is 16.6 Å². The van der Waals surface area contributed by atoms with Gasteiger partial charge < -0.3 is 15.0 Å². The predicted molar refractivity (Wildman–Crippen MR) is 126 cm³/mol. The lowest BCUT2D eigenvalue weighted by Gasteiger charge is -2.12. The van der Waals surface area contributed by atoms with Crippen LogP contribution in [-0.2, 0) is 17.6 Å². The smallest absolute Gasteiger partial charge is 0.262 e. The second-order valence-electron chi connectivity index (χ2n) is 8.12. The van der Waals surface area contributed by atoms with E-state index in [1.165, 1.54) is 23.3 Å². The Hall–Kier alpha value is -3.12. The zero-order valence-electron chi connectivity index (χ0n) is 17.7. The van der Waals surface area contributed by atoms with E-state index in [1.54, 1.807) is 11.3 Å². The number of ether oxygens (including phenoxy) is 1. The molecular formula is C25H25N3O2S. The van der Waals surface area contributed by atoms with E-state index in [0.29, 0.717) is 0 Å². The van der Waals surface area contributed by atoms with Crippen molar-refractivity contribution in [3.63, 3.8) is 0 Å². The second kappa shape index (κ2) is 8.19. The van der Waals surface area contributed by atoms with E-state index in [-0.39, 0.29) is 12.5 Å². The molecule has 0 radical (unpaired) electrons. The number of fused-ring (bicyclic) bond motifs is 2. The van der Waals surface area contributed by atoms with Gasteiger partial charge in [-0.25, -0.2) is 4.98 Å². The SMILES string of the molecule is Cc1ccc(C)c(OCC(=O)Nc2sc3c(c2-c2nc4ccccc4[nH]2)CCCC3)c1. The second-order valence-corrected chi connectivity index (χ2v) is 9.23. The minimum Gasteiger partial charge on any atom is -0.483 e. The maximum atomic E-state index is 12.8. The average molecular weight is 432 g/mol. The normalized spacial score (nSPS) is 13.2. The predicted octanol–water partition coefficient (Wildman–Crippen LogP) is 5.80. The molecule has 0 unspecified atom stereocenters. The van der Waals surface area contributed by atoms with E-state index in [9.17, 15) is 4.79 Å². The van der Waals surface area contributed by atoms with Gasteiger partial charge in [-0.3, -0.25) is 4.79 Å². The van der Waals surface area contributed by atoms with Crippen molar-refractivity contribution in [1.82, 2.24) is 9.97 Å². The van der Waals surface area contributed by atoms with Crippen LogP contribution in [0.4, 0.5) is 5.00 Å². The first-order valence-corrected chi connectivity index (χ1v) is 11.5. The summed E-state index contributed by atoms with van der Waals surface area (Å²) in [6.07, 6.45) is 4.44. The topological polar surface area (TPSA) is 67.0 Å². The van der Waals surface area contributed by atoms with E-state index < -0.39 is 0 Å². The Morgan fingerprint density at radius 2 is 2.00 bits per heavy atom. The number of benzene rings is 2. The first-order valence-electron chi connectivity index (χ1n) is 10.7. The summed E-state index contributed by atoms with van der Waals surface area (Å²) < 4.78 is 5.82. The number of carbonyl (C=O) groups is 1. The lowest BCUT2D eigenvalue weighted by atomic mass is 9.95. The summed E-state index contributed by atoms with van der Waals surface area (Å²) in [7, 11) is 0. The van der Waals surface area contributed by atoms with Gasteiger partial charge in [-0.1, -0.05) is 24.3 Å². The molecular weight excluding hydrogens is 406 g/mol. The lowest BCUT2D eigenvalue weighted by molar-refractivity contribution is -0.118. The molecule has 1 aliphatic rings. The van der Waals surface area contributed by atoms with Crippen molar-refractivity contribution in [3.05, 3.63) is 64.0 Å². The number of H-pyrrole nitrogens is 1. The van der Waals surface area contributed by atoms with Crippen LogP contribution in [0.25, 0.3) is 22.4 Å². The number of rotatable bonds is 5. The molecule has 2 N–H and O–H groups in total. The largest absolute Gasteiger partial charge is 0.483 e. The van der Waals surface area contributed by atoms with Crippen molar-refractivity contribution in [2.75, 3.05) is 11.9 Å². The van der Waals surface area contributed by atoms with E-state index in [2.05, 4.69) is 10.3 Å². The summed E-state index contributed by atoms with van der Waals surface area (Å²) >= 11 is 1.67. The number of nitrogens with one attached hydrogen (secondary N) is 2. The Balaban J connectivity index is 1.43. The minimum atomic E-state index is -0.156. The van der Waals surface area contributed by atoms with Crippen LogP contribution in [0.3, 0.4) is 0 Å². The fourth-order valence-electron chi connectivity index (χ4n) is 4.14. The van der Waals surface area contributed by atoms with Gasteiger partial charge in [-0.15, -0.1) is 11.3 Å². The van der Waals surface area contributed by atoms with Crippen molar-refractivity contribution in [3.8, 4) is 17.1 Å². The molecule has 0 atom stereocenters. The number of aromatic nitrogens is 2. The third-order valence-corrected chi connectivity index (χ3v) is 6.96. The van der Waals surface area contributed by atoms with Crippen LogP contribution in [0.15, 0.2) is 42.5 Å². The summed E-state index contributed by atoms with van der Waals surface area (Å²) in [5.74, 6) is 1.42. The van der Waals surface area contributed by atoms with Gasteiger partial charge in [0.2, 0.25) is 0 Å². The lowest BCUT2D eigenvalue weighted by Crippen LogP contribution is -2.20. The molecule has 1 amide bonds. The van der Waals surface area contributed by atoms with Crippen molar-refractivity contribution >= 4 is 33.3 Å². The molecule has 31 heavy (non-hydrogen) atoms. The summed E-state index contributed by atoms with van der Waals surface area (Å²) in [4.78, 5) is 22.4. The molecule has 0 saturated carbocycles. The van der Waals surface area contributed by atoms with Gasteiger partial charge in [0.25, 0.3) is 5.91 Å². The molecule has 0 bridgehead atoms. The van der Waals surface area contributed by atoms with Crippen molar-refractivity contribution < 1.29 is 9.53 Å². The number of hydrogen-bond donors (Lipinski definition) is 2. The van der Waals surface area contributed by atoms with Crippen LogP contribution >= 0.6 is 11.3 Å². The first kappa shape index (κ1) is 19.8. The number of para-hydroxylation sites is 2. The van der Waals surface area contributed by atoms with Crippen molar-refractivity contribution in [2.45, 2.75) is 39.5 Å². The monoisotopic (exact) mass is 431 g/mol. The summed E-state index contributed by atoms with van der Waals surface area (Å²) in [5.41, 5.74) is 6.43. The fraction of sp³-hybridized carbons (Fsp3) is 0.280. The molecule has 158 valence electrons. The summed E-state index contributed by atoms with van der Waals surface area (Å²) in [5, 5.41) is 3.97.